The second-order valence-electron chi connectivity index (χ2n) is 5.37. The maximum Gasteiger partial charge on any atom is 0.345 e. The van der Waals surface area contributed by atoms with Gasteiger partial charge >= 0.3 is 5.97 Å². The van der Waals surface area contributed by atoms with Gasteiger partial charge in [0.05, 0.1) is 17.1 Å². The molecular weight excluding hydrogens is 326 g/mol. The molecule has 0 fully saturated rings. The van der Waals surface area contributed by atoms with Gasteiger partial charge in [0.15, 0.2) is 0 Å². The van der Waals surface area contributed by atoms with Gasteiger partial charge in [0.1, 0.15) is 5.56 Å². The quantitative estimate of drug-likeness (QED) is 0.731. The molecule has 0 saturated heterocycles. The first kappa shape index (κ1) is 16.3. The minimum atomic E-state index is -0.708. The number of fused-ring (bicyclic) bond motifs is 1. The van der Waals surface area contributed by atoms with Gasteiger partial charge in [-0.15, -0.1) is 0 Å². The summed E-state index contributed by atoms with van der Waals surface area (Å²) in [7, 11) is 0. The molecule has 0 bridgehead atoms. The Hall–Kier alpha value is -2.59. The highest BCUT2D eigenvalue weighted by Crippen LogP contribution is 2.29. The van der Waals surface area contributed by atoms with Crippen LogP contribution in [-0.4, -0.2) is 17.6 Å². The van der Waals surface area contributed by atoms with E-state index in [0.29, 0.717) is 17.3 Å². The van der Waals surface area contributed by atoms with Gasteiger partial charge < -0.3 is 9.72 Å². The van der Waals surface area contributed by atoms with Crippen LogP contribution < -0.4 is 5.56 Å². The average molecular weight is 342 g/mol. The van der Waals surface area contributed by atoms with E-state index in [-0.39, 0.29) is 17.2 Å². The number of carbonyl (C=O) groups excluding carboxylic acids is 1. The summed E-state index contributed by atoms with van der Waals surface area (Å²) in [4.78, 5) is 27.0. The van der Waals surface area contributed by atoms with Crippen LogP contribution in [0.5, 0.6) is 0 Å². The van der Waals surface area contributed by atoms with Gasteiger partial charge in [0.25, 0.3) is 5.56 Å². The third-order valence-corrected chi connectivity index (χ3v) is 4.16. The highest BCUT2D eigenvalue weighted by Gasteiger charge is 2.20. The van der Waals surface area contributed by atoms with Gasteiger partial charge in [-0.2, -0.15) is 0 Å². The minimum absolute atomic E-state index is 0.138. The predicted molar refractivity (Wildman–Crippen MR) is 94.8 cm³/mol. The summed E-state index contributed by atoms with van der Waals surface area (Å²) < 4.78 is 4.95. The second kappa shape index (κ2) is 6.89. The third-order valence-electron chi connectivity index (χ3n) is 3.78. The summed E-state index contributed by atoms with van der Waals surface area (Å²) in [5.74, 6) is -0.708. The van der Waals surface area contributed by atoms with Crippen LogP contribution in [0.4, 0.5) is 0 Å². The summed E-state index contributed by atoms with van der Waals surface area (Å²) in [5, 5.41) is 0.810. The molecule has 1 aromatic heterocycles. The van der Waals surface area contributed by atoms with Gasteiger partial charge in [0, 0.05) is 5.39 Å². The fourth-order valence-electron chi connectivity index (χ4n) is 2.72. The van der Waals surface area contributed by atoms with E-state index >= 15 is 0 Å². The molecule has 0 atom stereocenters. The Morgan fingerprint density at radius 3 is 2.58 bits per heavy atom. The highest BCUT2D eigenvalue weighted by atomic mass is 35.5. The Morgan fingerprint density at radius 2 is 1.88 bits per heavy atom. The molecule has 0 aliphatic rings. The smallest absolute Gasteiger partial charge is 0.345 e. The van der Waals surface area contributed by atoms with Crippen LogP contribution in [0, 0.1) is 0 Å². The number of benzene rings is 2. The van der Waals surface area contributed by atoms with Crippen LogP contribution in [0.3, 0.4) is 0 Å². The number of rotatable bonds is 4. The molecular formula is C19H16ClNO3. The fourth-order valence-corrected chi connectivity index (χ4v) is 3.11. The molecule has 3 rings (SSSR count). The van der Waals surface area contributed by atoms with Crippen molar-refractivity contribution < 1.29 is 9.53 Å². The first-order chi connectivity index (χ1) is 11.6. The van der Waals surface area contributed by atoms with E-state index in [0.717, 1.165) is 11.1 Å². The van der Waals surface area contributed by atoms with E-state index in [4.69, 9.17) is 16.3 Å². The molecule has 2 aromatic carbocycles. The Labute approximate surface area is 144 Å². The fraction of sp³-hybridized carbons (Fsp3) is 0.158. The Kier molecular flexibility index (Phi) is 4.67. The van der Waals surface area contributed by atoms with Gasteiger partial charge in [-0.05, 0) is 30.5 Å². The van der Waals surface area contributed by atoms with Gasteiger partial charge in [0.2, 0.25) is 0 Å². The van der Waals surface area contributed by atoms with Gasteiger partial charge in [-0.25, -0.2) is 4.79 Å². The largest absolute Gasteiger partial charge is 0.462 e. The molecule has 0 aliphatic heterocycles. The van der Waals surface area contributed by atoms with Crippen LogP contribution in [-0.2, 0) is 11.2 Å². The molecule has 1 N–H and O–H groups in total. The topological polar surface area (TPSA) is 59.2 Å². The number of nitrogens with one attached hydrogen (secondary N) is 1. The van der Waals surface area contributed by atoms with Crippen LogP contribution in [0.1, 0.15) is 28.4 Å². The molecule has 0 unspecified atom stereocenters. The standard InChI is InChI=1S/C19H16ClNO3/c1-2-24-19(23)16-17(20)15-13(11-12-7-4-3-5-8-12)9-6-10-14(15)21-18(16)22/h3-10H,2,11H2,1H3,(H,21,22). The van der Waals surface area contributed by atoms with Crippen molar-refractivity contribution in [1.29, 1.82) is 0 Å². The molecule has 0 radical (unpaired) electrons. The molecule has 122 valence electrons. The molecule has 1 heterocycles. The number of hydrogen-bond acceptors (Lipinski definition) is 3. The number of H-pyrrole nitrogens is 1. The lowest BCUT2D eigenvalue weighted by molar-refractivity contribution is 0.0524. The summed E-state index contributed by atoms with van der Waals surface area (Å²) in [6.45, 7) is 1.86. The van der Waals surface area contributed by atoms with E-state index in [1.54, 1.807) is 13.0 Å². The first-order valence-corrected chi connectivity index (χ1v) is 8.04. The number of carbonyl (C=O) groups is 1. The van der Waals surface area contributed by atoms with Crippen molar-refractivity contribution in [2.45, 2.75) is 13.3 Å². The molecule has 0 saturated carbocycles. The summed E-state index contributed by atoms with van der Waals surface area (Å²) in [6, 6.07) is 15.5. The zero-order chi connectivity index (χ0) is 17.1. The Morgan fingerprint density at radius 1 is 1.12 bits per heavy atom. The van der Waals surface area contributed by atoms with Crippen molar-refractivity contribution in [2.75, 3.05) is 6.61 Å². The second-order valence-corrected chi connectivity index (χ2v) is 5.74. The minimum Gasteiger partial charge on any atom is -0.462 e. The molecule has 0 spiro atoms. The van der Waals surface area contributed by atoms with Crippen molar-refractivity contribution in [3.63, 3.8) is 0 Å². The predicted octanol–water partition coefficient (Wildman–Crippen LogP) is 3.95. The number of hydrogen-bond donors (Lipinski definition) is 1. The zero-order valence-corrected chi connectivity index (χ0v) is 13.9. The molecule has 3 aromatic rings. The van der Waals surface area contributed by atoms with Crippen molar-refractivity contribution in [3.8, 4) is 0 Å². The number of aromatic amines is 1. The van der Waals surface area contributed by atoms with E-state index in [2.05, 4.69) is 4.98 Å². The van der Waals surface area contributed by atoms with E-state index < -0.39 is 11.5 Å². The van der Waals surface area contributed by atoms with E-state index in [1.807, 2.05) is 42.5 Å². The normalized spacial score (nSPS) is 10.8. The maximum atomic E-state index is 12.2. The van der Waals surface area contributed by atoms with Gasteiger partial charge in [-0.3, -0.25) is 4.79 Å². The first-order valence-electron chi connectivity index (χ1n) is 7.66. The Bertz CT molecular complexity index is 948. The molecule has 0 amide bonds. The van der Waals surface area contributed by atoms with E-state index in [1.165, 1.54) is 0 Å². The van der Waals surface area contributed by atoms with Gasteiger partial charge in [-0.1, -0.05) is 54.1 Å². The highest BCUT2D eigenvalue weighted by molar-refractivity contribution is 6.38. The van der Waals surface area contributed by atoms with Crippen LogP contribution >= 0.6 is 11.6 Å². The lowest BCUT2D eigenvalue weighted by atomic mass is 9.99. The van der Waals surface area contributed by atoms with E-state index in [9.17, 15) is 9.59 Å². The molecule has 5 heteroatoms. The number of halogens is 1. The lowest BCUT2D eigenvalue weighted by Gasteiger charge is -2.11. The monoisotopic (exact) mass is 341 g/mol. The molecule has 0 aliphatic carbocycles. The third kappa shape index (κ3) is 3.05. The maximum absolute atomic E-state index is 12.2. The van der Waals surface area contributed by atoms with Crippen LogP contribution in [0.2, 0.25) is 5.02 Å². The summed E-state index contributed by atoms with van der Waals surface area (Å²) in [6.07, 6.45) is 0.645. The van der Waals surface area contributed by atoms with Crippen molar-refractivity contribution in [2.24, 2.45) is 0 Å². The summed E-state index contributed by atoms with van der Waals surface area (Å²) >= 11 is 6.43. The van der Waals surface area contributed by atoms with Crippen molar-refractivity contribution >= 4 is 28.5 Å². The van der Waals surface area contributed by atoms with Crippen molar-refractivity contribution in [3.05, 3.63) is 80.6 Å². The molecule has 24 heavy (non-hydrogen) atoms. The Balaban J connectivity index is 2.19. The molecule has 4 nitrogen and oxygen atoms in total. The van der Waals surface area contributed by atoms with Crippen LogP contribution in [0.15, 0.2) is 53.3 Å². The number of ether oxygens (including phenoxy) is 1. The SMILES string of the molecule is CCOC(=O)c1c(Cl)c2c(Cc3ccccc3)cccc2[nH]c1=O. The number of pyridine rings is 1. The lowest BCUT2D eigenvalue weighted by Crippen LogP contribution is -2.21. The number of aromatic nitrogens is 1. The summed E-state index contributed by atoms with van der Waals surface area (Å²) in [5.41, 5.74) is 1.97. The van der Waals surface area contributed by atoms with Crippen molar-refractivity contribution in [1.82, 2.24) is 4.98 Å². The average Bonchev–Trinajstić information content (AvgIpc) is 2.56. The van der Waals surface area contributed by atoms with Crippen LogP contribution in [0.25, 0.3) is 10.9 Å². The zero-order valence-electron chi connectivity index (χ0n) is 13.1. The number of esters is 1.